The summed E-state index contributed by atoms with van der Waals surface area (Å²) in [6.45, 7) is 9.91. The lowest BCUT2D eigenvalue weighted by Gasteiger charge is -2.39. The van der Waals surface area contributed by atoms with Crippen LogP contribution in [0.4, 0.5) is 0 Å². The molecule has 3 heteroatoms. The fraction of sp³-hybridized carbons (Fsp3) is 0.909. The molecule has 0 radical (unpaired) electrons. The van der Waals surface area contributed by atoms with Crippen LogP contribution in [0.25, 0.3) is 0 Å². The average Bonchev–Trinajstić information content (AvgIpc) is 2.10. The number of rotatable bonds is 3. The third-order valence-electron chi connectivity index (χ3n) is 2.72. The second-order valence-electron chi connectivity index (χ2n) is 4.66. The highest BCUT2D eigenvalue weighted by atomic mass is 15.2. The highest BCUT2D eigenvalue weighted by Crippen LogP contribution is 2.10. The van der Waals surface area contributed by atoms with Crippen LogP contribution < -0.4 is 5.32 Å². The van der Waals surface area contributed by atoms with Crippen molar-refractivity contribution < 1.29 is 0 Å². The molecule has 1 fully saturated rings. The Morgan fingerprint density at radius 3 is 2.86 bits per heavy atom. The average molecular weight is 195 g/mol. The van der Waals surface area contributed by atoms with E-state index in [1.807, 2.05) is 0 Å². The second-order valence-corrected chi connectivity index (χ2v) is 4.66. The maximum absolute atomic E-state index is 8.64. The minimum atomic E-state index is 0.370. The number of nitriles is 1. The molecule has 0 aromatic rings. The standard InChI is InChI=1S/C11H21N3/c1-9(2)7-14-8-11(4-5-12)13-6-10(14)3/h9-11,13H,4,6-8H2,1-3H3. The molecule has 0 aromatic carbocycles. The van der Waals surface area contributed by atoms with E-state index in [9.17, 15) is 0 Å². The summed E-state index contributed by atoms with van der Waals surface area (Å²) in [6, 6.07) is 3.21. The molecule has 80 valence electrons. The first kappa shape index (κ1) is 11.5. The molecule has 0 amide bonds. The summed E-state index contributed by atoms with van der Waals surface area (Å²) in [6.07, 6.45) is 0.626. The Labute approximate surface area is 87.1 Å². The van der Waals surface area contributed by atoms with E-state index < -0.39 is 0 Å². The molecule has 1 rings (SSSR count). The molecule has 1 saturated heterocycles. The van der Waals surface area contributed by atoms with Crippen LogP contribution in [0.3, 0.4) is 0 Å². The first-order chi connectivity index (χ1) is 6.63. The second kappa shape index (κ2) is 5.33. The van der Waals surface area contributed by atoms with Crippen molar-refractivity contribution in [1.82, 2.24) is 10.2 Å². The van der Waals surface area contributed by atoms with Gasteiger partial charge in [0.05, 0.1) is 12.5 Å². The van der Waals surface area contributed by atoms with Gasteiger partial charge >= 0.3 is 0 Å². The van der Waals surface area contributed by atoms with E-state index in [1.54, 1.807) is 0 Å². The monoisotopic (exact) mass is 195 g/mol. The summed E-state index contributed by atoms with van der Waals surface area (Å²) in [4.78, 5) is 2.49. The van der Waals surface area contributed by atoms with Crippen molar-refractivity contribution in [2.45, 2.75) is 39.3 Å². The van der Waals surface area contributed by atoms with Gasteiger partial charge in [-0.2, -0.15) is 5.26 Å². The van der Waals surface area contributed by atoms with Gasteiger partial charge in [0.25, 0.3) is 0 Å². The van der Waals surface area contributed by atoms with Crippen LogP contribution in [0, 0.1) is 17.2 Å². The molecule has 2 unspecified atom stereocenters. The van der Waals surface area contributed by atoms with E-state index in [0.29, 0.717) is 24.4 Å². The van der Waals surface area contributed by atoms with Crippen molar-refractivity contribution in [2.24, 2.45) is 5.92 Å². The molecule has 0 bridgehead atoms. The minimum Gasteiger partial charge on any atom is -0.310 e. The summed E-state index contributed by atoms with van der Waals surface area (Å²) < 4.78 is 0. The minimum absolute atomic E-state index is 0.370. The molecule has 1 N–H and O–H groups in total. The van der Waals surface area contributed by atoms with Gasteiger partial charge in [-0.05, 0) is 12.8 Å². The zero-order chi connectivity index (χ0) is 10.6. The Bertz CT molecular complexity index is 207. The van der Waals surface area contributed by atoms with Crippen LogP contribution in [-0.4, -0.2) is 36.6 Å². The van der Waals surface area contributed by atoms with Crippen molar-refractivity contribution in [1.29, 1.82) is 5.26 Å². The van der Waals surface area contributed by atoms with E-state index >= 15 is 0 Å². The van der Waals surface area contributed by atoms with Crippen molar-refractivity contribution in [3.8, 4) is 6.07 Å². The smallest absolute Gasteiger partial charge is 0.0638 e. The van der Waals surface area contributed by atoms with Crippen LogP contribution in [0.1, 0.15) is 27.2 Å². The van der Waals surface area contributed by atoms with Gasteiger partial charge in [-0.1, -0.05) is 13.8 Å². The molecular formula is C11H21N3. The van der Waals surface area contributed by atoms with E-state index in [-0.39, 0.29) is 0 Å². The Balaban J connectivity index is 2.43. The first-order valence-corrected chi connectivity index (χ1v) is 5.48. The van der Waals surface area contributed by atoms with Gasteiger partial charge in [0.15, 0.2) is 0 Å². The highest BCUT2D eigenvalue weighted by Gasteiger charge is 2.24. The highest BCUT2D eigenvalue weighted by molar-refractivity contribution is 4.89. The molecule has 2 atom stereocenters. The summed E-state index contributed by atoms with van der Waals surface area (Å²) in [5.41, 5.74) is 0. The fourth-order valence-corrected chi connectivity index (χ4v) is 1.96. The van der Waals surface area contributed by atoms with Gasteiger partial charge in [-0.25, -0.2) is 0 Å². The van der Waals surface area contributed by atoms with Gasteiger partial charge in [0.2, 0.25) is 0 Å². The van der Waals surface area contributed by atoms with Crippen LogP contribution in [0.15, 0.2) is 0 Å². The van der Waals surface area contributed by atoms with Gasteiger partial charge in [-0.3, -0.25) is 4.90 Å². The van der Waals surface area contributed by atoms with E-state index in [0.717, 1.165) is 19.6 Å². The molecule has 1 heterocycles. The molecule has 3 nitrogen and oxygen atoms in total. The predicted octanol–water partition coefficient (Wildman–Crippen LogP) is 1.22. The Morgan fingerprint density at radius 2 is 2.29 bits per heavy atom. The molecule has 0 spiro atoms. The van der Waals surface area contributed by atoms with Crippen molar-refractivity contribution in [3.63, 3.8) is 0 Å². The largest absolute Gasteiger partial charge is 0.310 e. The van der Waals surface area contributed by atoms with Gasteiger partial charge in [0, 0.05) is 31.7 Å². The summed E-state index contributed by atoms with van der Waals surface area (Å²) in [7, 11) is 0. The Kier molecular flexibility index (Phi) is 4.37. The molecular weight excluding hydrogens is 174 g/mol. The van der Waals surface area contributed by atoms with Crippen LogP contribution in [0.2, 0.25) is 0 Å². The van der Waals surface area contributed by atoms with E-state index in [4.69, 9.17) is 5.26 Å². The SMILES string of the molecule is CC(C)CN1CC(CC#N)NCC1C. The number of hydrogen-bond donors (Lipinski definition) is 1. The number of nitrogens with one attached hydrogen (secondary N) is 1. The van der Waals surface area contributed by atoms with E-state index in [2.05, 4.69) is 37.1 Å². The maximum Gasteiger partial charge on any atom is 0.0638 e. The van der Waals surface area contributed by atoms with Crippen molar-refractivity contribution in [3.05, 3.63) is 0 Å². The van der Waals surface area contributed by atoms with Gasteiger partial charge in [0.1, 0.15) is 0 Å². The maximum atomic E-state index is 8.64. The molecule has 1 aliphatic rings. The zero-order valence-corrected chi connectivity index (χ0v) is 9.45. The predicted molar refractivity (Wildman–Crippen MR) is 57.9 cm³/mol. The van der Waals surface area contributed by atoms with Crippen LogP contribution in [-0.2, 0) is 0 Å². The molecule has 1 aliphatic heterocycles. The fourth-order valence-electron chi connectivity index (χ4n) is 1.96. The summed E-state index contributed by atoms with van der Waals surface area (Å²) in [5.74, 6) is 0.707. The normalized spacial score (nSPS) is 29.1. The summed E-state index contributed by atoms with van der Waals surface area (Å²) in [5, 5.41) is 12.1. The van der Waals surface area contributed by atoms with Crippen molar-refractivity contribution in [2.75, 3.05) is 19.6 Å². The molecule has 0 saturated carbocycles. The van der Waals surface area contributed by atoms with Crippen LogP contribution >= 0.6 is 0 Å². The third-order valence-corrected chi connectivity index (χ3v) is 2.72. The Hall–Kier alpha value is -0.590. The quantitative estimate of drug-likeness (QED) is 0.736. The number of piperazine rings is 1. The lowest BCUT2D eigenvalue weighted by molar-refractivity contribution is 0.127. The van der Waals surface area contributed by atoms with Gasteiger partial charge < -0.3 is 5.32 Å². The lowest BCUT2D eigenvalue weighted by atomic mass is 10.1. The van der Waals surface area contributed by atoms with Crippen LogP contribution in [0.5, 0.6) is 0 Å². The first-order valence-electron chi connectivity index (χ1n) is 5.48. The lowest BCUT2D eigenvalue weighted by Crippen LogP contribution is -2.55. The topological polar surface area (TPSA) is 39.1 Å². The van der Waals surface area contributed by atoms with Gasteiger partial charge in [-0.15, -0.1) is 0 Å². The zero-order valence-electron chi connectivity index (χ0n) is 9.45. The molecule has 14 heavy (non-hydrogen) atoms. The number of hydrogen-bond acceptors (Lipinski definition) is 3. The van der Waals surface area contributed by atoms with Crippen molar-refractivity contribution >= 4 is 0 Å². The van der Waals surface area contributed by atoms with E-state index in [1.165, 1.54) is 0 Å². The number of nitrogens with zero attached hydrogens (tertiary/aromatic N) is 2. The molecule has 0 aliphatic carbocycles. The molecule has 0 aromatic heterocycles. The summed E-state index contributed by atoms with van der Waals surface area (Å²) >= 11 is 0. The Morgan fingerprint density at radius 1 is 1.57 bits per heavy atom. The third kappa shape index (κ3) is 3.28.